The van der Waals surface area contributed by atoms with Crippen LogP contribution in [0, 0.1) is 0 Å². The lowest BCUT2D eigenvalue weighted by Gasteiger charge is -2.25. The molecule has 90 valence electrons. The second-order valence-electron chi connectivity index (χ2n) is 3.65. The van der Waals surface area contributed by atoms with Gasteiger partial charge >= 0.3 is 0 Å². The predicted molar refractivity (Wildman–Crippen MR) is 62.6 cm³/mol. The molecular formula is C11H23ClNO2+. The van der Waals surface area contributed by atoms with Crippen LogP contribution >= 0.6 is 11.6 Å². The number of hydrogen-bond donors (Lipinski definition) is 2. The largest absolute Gasteiger partial charge is 0.396 e. The lowest BCUT2D eigenvalue weighted by molar-refractivity contribution is -1.06. The molecule has 0 unspecified atom stereocenters. The molecular weight excluding hydrogens is 214 g/mol. The van der Waals surface area contributed by atoms with Gasteiger partial charge in [-0.2, -0.15) is 0 Å². The van der Waals surface area contributed by atoms with Crippen molar-refractivity contribution in [3.05, 3.63) is 11.2 Å². The number of allylic oxidation sites excluding steroid dienone is 1. The summed E-state index contributed by atoms with van der Waals surface area (Å²) >= 11 is 6.04. The standard InChI is InChI=1S/C11H23ClNO2/c1-3-13(15,4-2)11(12)9-7-5-6-8-10-14/h9,14-15H,3-8,10H2,1-2H3/q+1/b11-9+. The van der Waals surface area contributed by atoms with Gasteiger partial charge in [-0.15, -0.1) is 4.65 Å². The number of hydrogen-bond acceptors (Lipinski definition) is 2. The Hall–Kier alpha value is -0.0900. The third kappa shape index (κ3) is 5.52. The number of rotatable bonds is 8. The second kappa shape index (κ2) is 8.11. The minimum atomic E-state index is -0.179. The van der Waals surface area contributed by atoms with Gasteiger partial charge in [0, 0.05) is 6.61 Å². The van der Waals surface area contributed by atoms with Crippen molar-refractivity contribution < 1.29 is 15.0 Å². The van der Waals surface area contributed by atoms with E-state index in [1.54, 1.807) is 0 Å². The van der Waals surface area contributed by atoms with E-state index in [1.807, 2.05) is 19.9 Å². The highest BCUT2D eigenvalue weighted by Gasteiger charge is 2.25. The van der Waals surface area contributed by atoms with Crippen LogP contribution in [0.2, 0.25) is 0 Å². The first-order valence-electron chi connectivity index (χ1n) is 5.67. The van der Waals surface area contributed by atoms with E-state index in [1.165, 1.54) is 0 Å². The fourth-order valence-electron chi connectivity index (χ4n) is 1.35. The summed E-state index contributed by atoms with van der Waals surface area (Å²) in [5.41, 5.74) is 0. The van der Waals surface area contributed by atoms with Crippen LogP contribution in [-0.2, 0) is 0 Å². The van der Waals surface area contributed by atoms with Gasteiger partial charge in [-0.25, -0.2) is 5.21 Å². The zero-order valence-corrected chi connectivity index (χ0v) is 10.5. The first kappa shape index (κ1) is 14.9. The van der Waals surface area contributed by atoms with Crippen LogP contribution < -0.4 is 0 Å². The zero-order chi connectivity index (χ0) is 11.7. The molecule has 0 rings (SSSR count). The highest BCUT2D eigenvalue weighted by molar-refractivity contribution is 6.28. The van der Waals surface area contributed by atoms with E-state index < -0.39 is 0 Å². The number of quaternary nitrogens is 1. The van der Waals surface area contributed by atoms with Crippen LogP contribution in [0.15, 0.2) is 11.2 Å². The van der Waals surface area contributed by atoms with E-state index in [2.05, 4.69) is 0 Å². The molecule has 4 heteroatoms. The Kier molecular flexibility index (Phi) is 8.06. The van der Waals surface area contributed by atoms with E-state index in [4.69, 9.17) is 16.7 Å². The summed E-state index contributed by atoms with van der Waals surface area (Å²) in [5.74, 6) is 0. The summed E-state index contributed by atoms with van der Waals surface area (Å²) in [7, 11) is 0. The van der Waals surface area contributed by atoms with Crippen molar-refractivity contribution in [3.8, 4) is 0 Å². The Balaban J connectivity index is 3.96. The highest BCUT2D eigenvalue weighted by atomic mass is 35.5. The van der Waals surface area contributed by atoms with Crippen LogP contribution in [0.3, 0.4) is 0 Å². The minimum absolute atomic E-state index is 0.179. The molecule has 3 nitrogen and oxygen atoms in total. The third-order valence-corrected chi connectivity index (χ3v) is 3.09. The molecule has 0 radical (unpaired) electrons. The molecule has 0 amide bonds. The third-order valence-electron chi connectivity index (χ3n) is 2.62. The van der Waals surface area contributed by atoms with Crippen LogP contribution in [-0.4, -0.2) is 34.7 Å². The normalized spacial score (nSPS) is 13.3. The molecule has 0 spiro atoms. The van der Waals surface area contributed by atoms with Crippen molar-refractivity contribution >= 4 is 11.6 Å². The molecule has 0 aromatic rings. The average molecular weight is 237 g/mol. The molecule has 0 aliphatic carbocycles. The molecule has 0 fully saturated rings. The van der Waals surface area contributed by atoms with Gasteiger partial charge in [0.25, 0.3) is 0 Å². The smallest absolute Gasteiger partial charge is 0.229 e. The first-order valence-corrected chi connectivity index (χ1v) is 6.05. The Labute approximate surface area is 97.5 Å². The van der Waals surface area contributed by atoms with Gasteiger partial charge in [-0.3, -0.25) is 0 Å². The molecule has 0 saturated carbocycles. The maximum atomic E-state index is 10.00. The molecule has 0 aliphatic rings. The molecule has 0 bridgehead atoms. The van der Waals surface area contributed by atoms with Crippen molar-refractivity contribution in [3.63, 3.8) is 0 Å². The average Bonchev–Trinajstić information content (AvgIpc) is 2.27. The Morgan fingerprint density at radius 1 is 1.20 bits per heavy atom. The highest BCUT2D eigenvalue weighted by Crippen LogP contribution is 2.19. The lowest BCUT2D eigenvalue weighted by Crippen LogP contribution is -2.41. The molecule has 15 heavy (non-hydrogen) atoms. The quantitative estimate of drug-likeness (QED) is 0.295. The van der Waals surface area contributed by atoms with E-state index in [-0.39, 0.29) is 11.3 Å². The van der Waals surface area contributed by atoms with Crippen molar-refractivity contribution in [1.82, 2.24) is 0 Å². The fraction of sp³-hybridized carbons (Fsp3) is 0.818. The van der Waals surface area contributed by atoms with E-state index in [0.29, 0.717) is 18.2 Å². The molecule has 0 aromatic heterocycles. The van der Waals surface area contributed by atoms with Gasteiger partial charge < -0.3 is 5.11 Å². The number of nitrogens with zero attached hydrogens (tertiary/aromatic N) is 1. The predicted octanol–water partition coefficient (Wildman–Crippen LogP) is 2.87. The van der Waals surface area contributed by atoms with Gasteiger partial charge in [0.2, 0.25) is 5.16 Å². The second-order valence-corrected chi connectivity index (χ2v) is 4.04. The van der Waals surface area contributed by atoms with Crippen LogP contribution in [0.4, 0.5) is 0 Å². The molecule has 0 aromatic carbocycles. The monoisotopic (exact) mass is 236 g/mol. The van der Waals surface area contributed by atoms with Crippen molar-refractivity contribution in [2.75, 3.05) is 19.7 Å². The molecule has 0 atom stereocenters. The first-order chi connectivity index (χ1) is 7.10. The summed E-state index contributed by atoms with van der Waals surface area (Å²) < 4.78 is -0.179. The van der Waals surface area contributed by atoms with Gasteiger partial charge in [-0.1, -0.05) is 6.42 Å². The van der Waals surface area contributed by atoms with Crippen LogP contribution in [0.1, 0.15) is 39.5 Å². The SMILES string of the molecule is CC[N+](O)(CC)/C(Cl)=C/CCCCCO. The summed E-state index contributed by atoms with van der Waals surface area (Å²) in [4.78, 5) is 0. The maximum Gasteiger partial charge on any atom is 0.229 e. The van der Waals surface area contributed by atoms with E-state index >= 15 is 0 Å². The molecule has 0 saturated heterocycles. The van der Waals surface area contributed by atoms with Crippen molar-refractivity contribution in [1.29, 1.82) is 0 Å². The fourth-order valence-corrected chi connectivity index (χ4v) is 1.70. The van der Waals surface area contributed by atoms with Gasteiger partial charge in [0.15, 0.2) is 0 Å². The van der Waals surface area contributed by atoms with Crippen LogP contribution in [0.5, 0.6) is 0 Å². The summed E-state index contributed by atoms with van der Waals surface area (Å²) in [6, 6.07) is 0. The molecule has 0 heterocycles. The minimum Gasteiger partial charge on any atom is -0.396 e. The van der Waals surface area contributed by atoms with E-state index in [9.17, 15) is 5.21 Å². The summed E-state index contributed by atoms with van der Waals surface area (Å²) in [6.45, 7) is 5.24. The van der Waals surface area contributed by atoms with Crippen LogP contribution in [0.25, 0.3) is 0 Å². The zero-order valence-electron chi connectivity index (χ0n) is 9.75. The van der Waals surface area contributed by atoms with Gasteiger partial charge in [0.05, 0.1) is 0 Å². The Bertz CT molecular complexity index is 191. The number of hydroxylamine groups is 3. The summed E-state index contributed by atoms with van der Waals surface area (Å²) in [5, 5.41) is 19.1. The van der Waals surface area contributed by atoms with Gasteiger partial charge in [0.1, 0.15) is 13.1 Å². The summed E-state index contributed by atoms with van der Waals surface area (Å²) in [6.07, 6.45) is 5.59. The number of unbranched alkanes of at least 4 members (excludes halogenated alkanes) is 3. The number of halogens is 1. The van der Waals surface area contributed by atoms with Crippen molar-refractivity contribution in [2.24, 2.45) is 0 Å². The maximum absolute atomic E-state index is 10.00. The Morgan fingerprint density at radius 3 is 2.27 bits per heavy atom. The number of aliphatic hydroxyl groups is 1. The topological polar surface area (TPSA) is 40.5 Å². The lowest BCUT2D eigenvalue weighted by atomic mass is 10.2. The molecule has 0 aliphatic heterocycles. The van der Waals surface area contributed by atoms with Gasteiger partial charge in [-0.05, 0) is 50.8 Å². The Morgan fingerprint density at radius 2 is 1.80 bits per heavy atom. The molecule has 2 N–H and O–H groups in total. The van der Waals surface area contributed by atoms with Crippen molar-refractivity contribution in [2.45, 2.75) is 39.5 Å². The number of aliphatic hydroxyl groups excluding tert-OH is 1. The van der Waals surface area contributed by atoms with E-state index in [0.717, 1.165) is 25.7 Å².